The zero-order chi connectivity index (χ0) is 9.97. The molecular formula is C10H18N2O2. The van der Waals surface area contributed by atoms with Gasteiger partial charge < -0.3 is 15.3 Å². The summed E-state index contributed by atoms with van der Waals surface area (Å²) in [6, 6.07) is 0.393. The van der Waals surface area contributed by atoms with Crippen molar-refractivity contribution in [3.63, 3.8) is 0 Å². The highest BCUT2D eigenvalue weighted by molar-refractivity contribution is 5.81. The molecule has 1 amide bonds. The van der Waals surface area contributed by atoms with Crippen LogP contribution >= 0.6 is 0 Å². The van der Waals surface area contributed by atoms with Gasteiger partial charge in [-0.2, -0.15) is 0 Å². The number of nitrogens with zero attached hydrogens (tertiary/aromatic N) is 1. The van der Waals surface area contributed by atoms with E-state index >= 15 is 0 Å². The number of aliphatic hydroxyl groups is 1. The zero-order valence-corrected chi connectivity index (χ0v) is 8.41. The standard InChI is InChI=1S/C10H18N2O2/c13-6-4-11-9-3-5-12(7-9)10(14)8-1-2-8/h8-9,11,13H,1-7H2. The molecule has 0 aromatic rings. The van der Waals surface area contributed by atoms with E-state index < -0.39 is 0 Å². The fourth-order valence-electron chi connectivity index (χ4n) is 1.98. The summed E-state index contributed by atoms with van der Waals surface area (Å²) in [5.74, 6) is 0.685. The minimum Gasteiger partial charge on any atom is -0.395 e. The van der Waals surface area contributed by atoms with Crippen molar-refractivity contribution in [1.82, 2.24) is 10.2 Å². The van der Waals surface area contributed by atoms with Gasteiger partial charge in [-0.3, -0.25) is 4.79 Å². The van der Waals surface area contributed by atoms with Crippen LogP contribution in [0.25, 0.3) is 0 Å². The van der Waals surface area contributed by atoms with E-state index in [2.05, 4.69) is 5.32 Å². The Morgan fingerprint density at radius 3 is 2.86 bits per heavy atom. The Labute approximate surface area is 84.3 Å². The van der Waals surface area contributed by atoms with Gasteiger partial charge in [-0.25, -0.2) is 0 Å². The lowest BCUT2D eigenvalue weighted by molar-refractivity contribution is -0.131. The van der Waals surface area contributed by atoms with Gasteiger partial charge >= 0.3 is 0 Å². The normalized spacial score (nSPS) is 26.9. The summed E-state index contributed by atoms with van der Waals surface area (Å²) < 4.78 is 0. The first-order chi connectivity index (χ1) is 6.81. The Morgan fingerprint density at radius 2 is 2.21 bits per heavy atom. The Bertz CT molecular complexity index is 216. The average Bonchev–Trinajstić information content (AvgIpc) is 2.94. The monoisotopic (exact) mass is 198 g/mol. The molecule has 0 aromatic heterocycles. The highest BCUT2D eigenvalue weighted by Crippen LogP contribution is 2.32. The van der Waals surface area contributed by atoms with Crippen molar-refractivity contribution in [3.8, 4) is 0 Å². The maximum atomic E-state index is 11.7. The minimum absolute atomic E-state index is 0.174. The van der Waals surface area contributed by atoms with Crippen LogP contribution in [0.4, 0.5) is 0 Å². The van der Waals surface area contributed by atoms with Crippen molar-refractivity contribution in [2.75, 3.05) is 26.2 Å². The Balaban J connectivity index is 1.73. The molecule has 1 saturated carbocycles. The number of rotatable bonds is 4. The number of carbonyl (C=O) groups excluding carboxylic acids is 1. The zero-order valence-electron chi connectivity index (χ0n) is 8.41. The van der Waals surface area contributed by atoms with Crippen LogP contribution in [0.15, 0.2) is 0 Å². The molecule has 2 aliphatic rings. The first-order valence-corrected chi connectivity index (χ1v) is 5.44. The third-order valence-corrected chi connectivity index (χ3v) is 2.97. The topological polar surface area (TPSA) is 52.6 Å². The number of amides is 1. The van der Waals surface area contributed by atoms with Crippen LogP contribution in [0, 0.1) is 5.92 Å². The molecule has 1 aliphatic carbocycles. The maximum absolute atomic E-state index is 11.7. The Morgan fingerprint density at radius 1 is 1.43 bits per heavy atom. The number of aliphatic hydroxyl groups excluding tert-OH is 1. The second-order valence-electron chi connectivity index (χ2n) is 4.22. The molecule has 14 heavy (non-hydrogen) atoms. The molecule has 1 saturated heterocycles. The number of hydrogen-bond acceptors (Lipinski definition) is 3. The van der Waals surface area contributed by atoms with E-state index in [-0.39, 0.29) is 6.61 Å². The largest absolute Gasteiger partial charge is 0.395 e. The third-order valence-electron chi connectivity index (χ3n) is 2.97. The molecule has 1 atom stereocenters. The molecule has 1 heterocycles. The van der Waals surface area contributed by atoms with Gasteiger partial charge in [0, 0.05) is 31.6 Å². The van der Waals surface area contributed by atoms with Gasteiger partial charge in [0.2, 0.25) is 5.91 Å². The molecule has 0 aromatic carbocycles. The molecule has 1 aliphatic heterocycles. The molecule has 4 nitrogen and oxygen atoms in total. The van der Waals surface area contributed by atoms with Crippen molar-refractivity contribution in [3.05, 3.63) is 0 Å². The van der Waals surface area contributed by atoms with Crippen LogP contribution in [0.5, 0.6) is 0 Å². The first-order valence-electron chi connectivity index (χ1n) is 5.44. The summed E-state index contributed by atoms with van der Waals surface area (Å²) >= 11 is 0. The predicted octanol–water partition coefficient (Wildman–Crippen LogP) is -0.421. The van der Waals surface area contributed by atoms with E-state index in [1.165, 1.54) is 0 Å². The number of likely N-dealkylation sites (tertiary alicyclic amines) is 1. The van der Waals surface area contributed by atoms with Crippen LogP contribution in [0.3, 0.4) is 0 Å². The second kappa shape index (κ2) is 4.28. The predicted molar refractivity (Wildman–Crippen MR) is 52.8 cm³/mol. The Kier molecular flexibility index (Phi) is 3.03. The summed E-state index contributed by atoms with van der Waals surface area (Å²) in [5, 5.41) is 11.9. The van der Waals surface area contributed by atoms with Gasteiger partial charge in [-0.1, -0.05) is 0 Å². The van der Waals surface area contributed by atoms with Gasteiger partial charge in [0.25, 0.3) is 0 Å². The van der Waals surface area contributed by atoms with Gasteiger partial charge in [0.1, 0.15) is 0 Å². The molecule has 1 unspecified atom stereocenters. The van der Waals surface area contributed by atoms with E-state index in [1.54, 1.807) is 0 Å². The van der Waals surface area contributed by atoms with Crippen LogP contribution in [-0.2, 0) is 4.79 Å². The molecule has 0 spiro atoms. The quantitative estimate of drug-likeness (QED) is 0.645. The van der Waals surface area contributed by atoms with Gasteiger partial charge in [-0.05, 0) is 19.3 Å². The van der Waals surface area contributed by atoms with Crippen molar-refractivity contribution < 1.29 is 9.90 Å². The third kappa shape index (κ3) is 2.25. The van der Waals surface area contributed by atoms with E-state index in [9.17, 15) is 4.79 Å². The van der Waals surface area contributed by atoms with E-state index in [0.29, 0.717) is 24.4 Å². The number of nitrogens with one attached hydrogen (secondary N) is 1. The van der Waals surface area contributed by atoms with Gasteiger partial charge in [0.15, 0.2) is 0 Å². The number of hydrogen-bond donors (Lipinski definition) is 2. The van der Waals surface area contributed by atoms with Crippen LogP contribution < -0.4 is 5.32 Å². The molecule has 4 heteroatoms. The summed E-state index contributed by atoms with van der Waals surface area (Å²) in [6.45, 7) is 2.52. The second-order valence-corrected chi connectivity index (χ2v) is 4.22. The highest BCUT2D eigenvalue weighted by Gasteiger charge is 2.36. The van der Waals surface area contributed by atoms with Crippen molar-refractivity contribution in [2.24, 2.45) is 5.92 Å². The van der Waals surface area contributed by atoms with Crippen LogP contribution in [-0.4, -0.2) is 48.2 Å². The molecule has 0 bridgehead atoms. The van der Waals surface area contributed by atoms with Gasteiger partial charge in [0.05, 0.1) is 6.61 Å². The lowest BCUT2D eigenvalue weighted by Crippen LogP contribution is -2.36. The van der Waals surface area contributed by atoms with Crippen LogP contribution in [0.2, 0.25) is 0 Å². The average molecular weight is 198 g/mol. The smallest absolute Gasteiger partial charge is 0.225 e. The lowest BCUT2D eigenvalue weighted by Gasteiger charge is -2.16. The number of carbonyl (C=O) groups is 1. The Hall–Kier alpha value is -0.610. The SMILES string of the molecule is O=C(C1CC1)N1CCC(NCCO)C1. The highest BCUT2D eigenvalue weighted by atomic mass is 16.3. The fourth-order valence-corrected chi connectivity index (χ4v) is 1.98. The van der Waals surface area contributed by atoms with E-state index in [4.69, 9.17) is 5.11 Å². The molecular weight excluding hydrogens is 180 g/mol. The van der Waals surface area contributed by atoms with Gasteiger partial charge in [-0.15, -0.1) is 0 Å². The van der Waals surface area contributed by atoms with Crippen molar-refractivity contribution in [1.29, 1.82) is 0 Å². The van der Waals surface area contributed by atoms with Crippen molar-refractivity contribution >= 4 is 5.91 Å². The molecule has 0 radical (unpaired) electrons. The molecule has 2 fully saturated rings. The summed E-state index contributed by atoms with van der Waals surface area (Å²) in [7, 11) is 0. The van der Waals surface area contributed by atoms with E-state index in [1.807, 2.05) is 4.90 Å². The fraction of sp³-hybridized carbons (Fsp3) is 0.900. The molecule has 80 valence electrons. The first kappa shape index (κ1) is 9.93. The van der Waals surface area contributed by atoms with E-state index in [0.717, 1.165) is 32.4 Å². The maximum Gasteiger partial charge on any atom is 0.225 e. The summed E-state index contributed by atoms with van der Waals surface area (Å²) in [6.07, 6.45) is 3.20. The van der Waals surface area contributed by atoms with Crippen molar-refractivity contribution in [2.45, 2.75) is 25.3 Å². The molecule has 2 N–H and O–H groups in total. The lowest BCUT2D eigenvalue weighted by atomic mass is 10.3. The summed E-state index contributed by atoms with van der Waals surface area (Å²) in [4.78, 5) is 13.6. The van der Waals surface area contributed by atoms with Crippen LogP contribution in [0.1, 0.15) is 19.3 Å². The minimum atomic E-state index is 0.174. The summed E-state index contributed by atoms with van der Waals surface area (Å²) in [5.41, 5.74) is 0. The molecule has 2 rings (SSSR count).